The van der Waals surface area contributed by atoms with Gasteiger partial charge in [0.2, 0.25) is 0 Å². The molecule has 1 fully saturated rings. The molecule has 1 saturated carbocycles. The molecule has 1 aliphatic carbocycles. The molecule has 0 amide bonds. The highest BCUT2D eigenvalue weighted by molar-refractivity contribution is 5.84. The minimum Gasteiger partial charge on any atom is -0.329 e. The first-order valence-electron chi connectivity index (χ1n) is 9.82. The fourth-order valence-electron chi connectivity index (χ4n) is 3.98. The summed E-state index contributed by atoms with van der Waals surface area (Å²) in [5.41, 5.74) is 10.6. The zero-order valence-electron chi connectivity index (χ0n) is 15.3. The lowest BCUT2D eigenvalue weighted by Gasteiger charge is -2.22. The van der Waals surface area contributed by atoms with Crippen molar-refractivity contribution in [3.05, 3.63) is 54.2 Å². The Morgan fingerprint density at radius 3 is 2.54 bits per heavy atom. The van der Waals surface area contributed by atoms with Crippen LogP contribution >= 0.6 is 0 Å². The number of nitrogens with two attached hydrogens (primary N) is 1. The third kappa shape index (κ3) is 3.67. The van der Waals surface area contributed by atoms with E-state index < -0.39 is 0 Å². The van der Waals surface area contributed by atoms with Crippen LogP contribution in [-0.2, 0) is 6.54 Å². The van der Waals surface area contributed by atoms with Crippen LogP contribution in [0.3, 0.4) is 0 Å². The van der Waals surface area contributed by atoms with E-state index in [1.807, 2.05) is 6.20 Å². The number of hydrogen-bond acceptors (Lipinski definition) is 3. The van der Waals surface area contributed by atoms with E-state index in [-0.39, 0.29) is 0 Å². The number of aromatic nitrogens is 2. The molecule has 0 radical (unpaired) electrons. The number of nitrogens with zero attached hydrogens (tertiary/aromatic N) is 2. The van der Waals surface area contributed by atoms with Crippen molar-refractivity contribution in [3.63, 3.8) is 0 Å². The zero-order valence-corrected chi connectivity index (χ0v) is 15.3. The largest absolute Gasteiger partial charge is 0.329 e. The van der Waals surface area contributed by atoms with Gasteiger partial charge >= 0.3 is 0 Å². The van der Waals surface area contributed by atoms with E-state index in [1.165, 1.54) is 59.7 Å². The van der Waals surface area contributed by atoms with Gasteiger partial charge in [-0.25, -0.2) is 0 Å². The average Bonchev–Trinajstić information content (AvgIpc) is 3.13. The lowest BCUT2D eigenvalue weighted by atomic mass is 9.95. The van der Waals surface area contributed by atoms with Gasteiger partial charge in [-0.3, -0.25) is 4.68 Å². The maximum absolute atomic E-state index is 5.53. The van der Waals surface area contributed by atoms with Crippen LogP contribution < -0.4 is 11.1 Å². The molecule has 4 nitrogen and oxygen atoms in total. The normalized spacial score (nSPS) is 15.6. The van der Waals surface area contributed by atoms with Gasteiger partial charge in [-0.15, -0.1) is 0 Å². The molecule has 3 N–H and O–H groups in total. The van der Waals surface area contributed by atoms with Crippen molar-refractivity contribution >= 4 is 10.9 Å². The molecule has 2 aromatic carbocycles. The van der Waals surface area contributed by atoms with Crippen LogP contribution in [-0.4, -0.2) is 22.9 Å². The SMILES string of the molecule is NCCNCc1ccc(-c2ccc3cnn(C4CCCCC4)c3c2)cc1. The molecule has 1 aromatic heterocycles. The van der Waals surface area contributed by atoms with Gasteiger partial charge in [0.15, 0.2) is 0 Å². The third-order valence-electron chi connectivity index (χ3n) is 5.46. The highest BCUT2D eigenvalue weighted by Crippen LogP contribution is 2.32. The highest BCUT2D eigenvalue weighted by atomic mass is 15.3. The first kappa shape index (κ1) is 17.3. The highest BCUT2D eigenvalue weighted by Gasteiger charge is 2.18. The van der Waals surface area contributed by atoms with Crippen molar-refractivity contribution in [2.45, 2.75) is 44.7 Å². The summed E-state index contributed by atoms with van der Waals surface area (Å²) in [6.45, 7) is 2.39. The molecule has 3 aromatic rings. The molecule has 0 saturated heterocycles. The number of rotatable bonds is 6. The Labute approximate surface area is 155 Å². The van der Waals surface area contributed by atoms with E-state index in [1.54, 1.807) is 0 Å². The predicted octanol–water partition coefficient (Wildman–Crippen LogP) is 4.26. The van der Waals surface area contributed by atoms with Crippen molar-refractivity contribution in [1.29, 1.82) is 0 Å². The smallest absolute Gasteiger partial charge is 0.0691 e. The van der Waals surface area contributed by atoms with Gasteiger partial charge in [0.05, 0.1) is 17.8 Å². The molecule has 0 unspecified atom stereocenters. The number of hydrogen-bond donors (Lipinski definition) is 2. The first-order chi connectivity index (χ1) is 12.8. The van der Waals surface area contributed by atoms with Crippen molar-refractivity contribution in [3.8, 4) is 11.1 Å². The Morgan fingerprint density at radius 2 is 1.77 bits per heavy atom. The third-order valence-corrected chi connectivity index (χ3v) is 5.46. The Morgan fingerprint density at radius 1 is 1.00 bits per heavy atom. The Balaban J connectivity index is 1.58. The van der Waals surface area contributed by atoms with E-state index in [0.717, 1.165) is 13.1 Å². The van der Waals surface area contributed by atoms with Crippen LogP contribution in [0, 0.1) is 0 Å². The van der Waals surface area contributed by atoms with Crippen molar-refractivity contribution in [2.75, 3.05) is 13.1 Å². The fourth-order valence-corrected chi connectivity index (χ4v) is 3.98. The molecule has 136 valence electrons. The molecule has 0 atom stereocenters. The van der Waals surface area contributed by atoms with Crippen molar-refractivity contribution in [2.24, 2.45) is 5.73 Å². The minimum atomic E-state index is 0.562. The van der Waals surface area contributed by atoms with Crippen LogP contribution in [0.15, 0.2) is 48.7 Å². The lowest BCUT2D eigenvalue weighted by Crippen LogP contribution is -2.21. The topological polar surface area (TPSA) is 55.9 Å². The van der Waals surface area contributed by atoms with E-state index in [0.29, 0.717) is 12.6 Å². The number of benzene rings is 2. The second-order valence-corrected chi connectivity index (χ2v) is 7.32. The fraction of sp³-hybridized carbons (Fsp3) is 0.409. The molecule has 0 aliphatic heterocycles. The van der Waals surface area contributed by atoms with Crippen LogP contribution in [0.1, 0.15) is 43.7 Å². The molecule has 4 heteroatoms. The van der Waals surface area contributed by atoms with Gasteiger partial charge in [0.25, 0.3) is 0 Å². The molecule has 1 heterocycles. The zero-order chi connectivity index (χ0) is 17.8. The summed E-state index contributed by atoms with van der Waals surface area (Å²) in [5.74, 6) is 0. The van der Waals surface area contributed by atoms with E-state index >= 15 is 0 Å². The van der Waals surface area contributed by atoms with Gasteiger partial charge in [-0.2, -0.15) is 5.10 Å². The maximum atomic E-state index is 5.53. The van der Waals surface area contributed by atoms with E-state index in [2.05, 4.69) is 52.5 Å². The Kier molecular flexibility index (Phi) is 5.32. The van der Waals surface area contributed by atoms with Crippen molar-refractivity contribution < 1.29 is 0 Å². The van der Waals surface area contributed by atoms with Crippen LogP contribution in [0.2, 0.25) is 0 Å². The standard InChI is InChI=1S/C22H28N4/c23-12-13-24-15-17-6-8-18(9-7-17)19-10-11-20-16-25-26(22(20)14-19)21-4-2-1-3-5-21/h6-11,14,16,21,24H,1-5,12-13,15,23H2. The summed E-state index contributed by atoms with van der Waals surface area (Å²) in [6.07, 6.45) is 8.54. The second kappa shape index (κ2) is 8.02. The minimum absolute atomic E-state index is 0.562. The van der Waals surface area contributed by atoms with E-state index in [4.69, 9.17) is 10.8 Å². The van der Waals surface area contributed by atoms with Gasteiger partial charge in [0, 0.05) is 25.0 Å². The molecule has 0 spiro atoms. The molecule has 0 bridgehead atoms. The predicted molar refractivity (Wildman–Crippen MR) is 108 cm³/mol. The summed E-state index contributed by atoms with van der Waals surface area (Å²) < 4.78 is 2.27. The number of fused-ring (bicyclic) bond motifs is 1. The van der Waals surface area contributed by atoms with E-state index in [9.17, 15) is 0 Å². The summed E-state index contributed by atoms with van der Waals surface area (Å²) >= 11 is 0. The van der Waals surface area contributed by atoms with Crippen molar-refractivity contribution in [1.82, 2.24) is 15.1 Å². The average molecular weight is 348 g/mol. The summed E-state index contributed by atoms with van der Waals surface area (Å²) in [5, 5.41) is 9.28. The first-order valence-corrected chi connectivity index (χ1v) is 9.82. The van der Waals surface area contributed by atoms with Crippen LogP contribution in [0.25, 0.3) is 22.0 Å². The molecular formula is C22H28N4. The molecule has 1 aliphatic rings. The second-order valence-electron chi connectivity index (χ2n) is 7.32. The van der Waals surface area contributed by atoms with Gasteiger partial charge in [0.1, 0.15) is 0 Å². The maximum Gasteiger partial charge on any atom is 0.0691 e. The summed E-state index contributed by atoms with van der Waals surface area (Å²) in [7, 11) is 0. The summed E-state index contributed by atoms with van der Waals surface area (Å²) in [6, 6.07) is 16.1. The Hall–Kier alpha value is -2.17. The van der Waals surface area contributed by atoms with Crippen LogP contribution in [0.5, 0.6) is 0 Å². The number of nitrogens with one attached hydrogen (secondary N) is 1. The monoisotopic (exact) mass is 348 g/mol. The van der Waals surface area contributed by atoms with Gasteiger partial charge in [-0.05, 0) is 35.6 Å². The Bertz CT molecular complexity index is 844. The van der Waals surface area contributed by atoms with Gasteiger partial charge < -0.3 is 11.1 Å². The molecule has 4 rings (SSSR count). The molecular weight excluding hydrogens is 320 g/mol. The van der Waals surface area contributed by atoms with Gasteiger partial charge in [-0.1, -0.05) is 55.7 Å². The van der Waals surface area contributed by atoms with Crippen LogP contribution in [0.4, 0.5) is 0 Å². The lowest BCUT2D eigenvalue weighted by molar-refractivity contribution is 0.337. The summed E-state index contributed by atoms with van der Waals surface area (Å²) in [4.78, 5) is 0. The quantitative estimate of drug-likeness (QED) is 0.655. The molecule has 26 heavy (non-hydrogen) atoms.